The summed E-state index contributed by atoms with van der Waals surface area (Å²) in [4.78, 5) is 23.9. The Bertz CT molecular complexity index is 1280. The molecule has 1 atom stereocenters. The number of alkyl halides is 1. The number of fused-ring (bicyclic) bond motifs is 1. The molecule has 1 aromatic rings. The molecule has 0 aliphatic carbocycles. The molecule has 0 bridgehead atoms. The summed E-state index contributed by atoms with van der Waals surface area (Å²) in [7, 11) is 2.07. The van der Waals surface area contributed by atoms with Gasteiger partial charge in [-0.3, -0.25) is 18.9 Å². The fraction of sp³-hybridized carbons (Fsp3) is 0.538. The van der Waals surface area contributed by atoms with Gasteiger partial charge >= 0.3 is 0 Å². The van der Waals surface area contributed by atoms with Crippen LogP contribution >= 0.6 is 0 Å². The molecule has 212 valence electrons. The summed E-state index contributed by atoms with van der Waals surface area (Å²) >= 11 is 0. The van der Waals surface area contributed by atoms with Gasteiger partial charge in [0.2, 0.25) is 5.91 Å². The number of piperazine rings is 1. The maximum Gasteiger partial charge on any atom is 0.243 e. The average molecular weight is 551 g/mol. The third-order valence-corrected chi connectivity index (χ3v) is 7.95. The van der Waals surface area contributed by atoms with Crippen LogP contribution < -0.4 is 16.2 Å². The Morgan fingerprint density at radius 3 is 2.90 bits per heavy atom. The second-order valence-electron chi connectivity index (χ2n) is 10.8. The highest BCUT2D eigenvalue weighted by Gasteiger charge is 2.48. The lowest BCUT2D eigenvalue weighted by Gasteiger charge is -2.51. The number of carbonyl (C=O) groups is 1. The molecule has 2 fully saturated rings. The van der Waals surface area contributed by atoms with Gasteiger partial charge in [-0.1, -0.05) is 0 Å². The molecular formula is C26H35FN12O. The number of carbonyl (C=O) groups excluding carboxylic acids is 1. The molecule has 1 unspecified atom stereocenters. The van der Waals surface area contributed by atoms with Crippen LogP contribution in [0.25, 0.3) is 0 Å². The van der Waals surface area contributed by atoms with E-state index in [1.165, 1.54) is 0 Å². The van der Waals surface area contributed by atoms with E-state index in [9.17, 15) is 14.4 Å². The van der Waals surface area contributed by atoms with E-state index in [-0.39, 0.29) is 18.7 Å². The van der Waals surface area contributed by atoms with Crippen molar-refractivity contribution in [1.29, 1.82) is 5.26 Å². The number of nitriles is 1. The smallest absolute Gasteiger partial charge is 0.243 e. The number of hydrogen-bond acceptors (Lipinski definition) is 11. The van der Waals surface area contributed by atoms with Crippen LogP contribution in [0.3, 0.4) is 0 Å². The monoisotopic (exact) mass is 550 g/mol. The fourth-order valence-corrected chi connectivity index (χ4v) is 5.63. The van der Waals surface area contributed by atoms with E-state index in [4.69, 9.17) is 4.99 Å². The first-order valence-corrected chi connectivity index (χ1v) is 13.6. The van der Waals surface area contributed by atoms with Gasteiger partial charge < -0.3 is 25.0 Å². The number of aromatic nitrogens is 2. The van der Waals surface area contributed by atoms with Crippen molar-refractivity contribution in [2.75, 3.05) is 66.1 Å². The lowest BCUT2D eigenvalue weighted by Crippen LogP contribution is -2.63. The average Bonchev–Trinajstić information content (AvgIpc) is 3.67. The van der Waals surface area contributed by atoms with E-state index in [0.717, 1.165) is 49.0 Å². The number of aliphatic imine (C=N–C) groups is 1. The molecule has 6 rings (SSSR count). The summed E-state index contributed by atoms with van der Waals surface area (Å²) in [6.07, 6.45) is 11.6. The van der Waals surface area contributed by atoms with Gasteiger partial charge in [0.05, 0.1) is 37.6 Å². The highest BCUT2D eigenvalue weighted by Crippen LogP contribution is 2.36. The lowest BCUT2D eigenvalue weighted by atomic mass is 9.86. The van der Waals surface area contributed by atoms with E-state index >= 15 is 0 Å². The quantitative estimate of drug-likeness (QED) is 0.362. The zero-order valence-electron chi connectivity index (χ0n) is 22.6. The Hall–Kier alpha value is -3.93. The predicted molar refractivity (Wildman–Crippen MR) is 145 cm³/mol. The van der Waals surface area contributed by atoms with Gasteiger partial charge in [-0.05, 0) is 24.8 Å². The number of rotatable bonds is 9. The number of amides is 1. The van der Waals surface area contributed by atoms with E-state index < -0.39 is 12.2 Å². The van der Waals surface area contributed by atoms with E-state index in [1.807, 2.05) is 50.3 Å². The van der Waals surface area contributed by atoms with Crippen molar-refractivity contribution in [2.45, 2.75) is 24.7 Å². The standard InChI is InChI=1S/C26H35FN12O/c1-34-9-11-35(12-10-34)23(40)17-37-16-21(14-29-37)31-25-32-24-22(3-2-8-38(24)33-25)36-18-26(19-36,5-7-28)39-15-20(4-6-27)13-30-39/h2-3,8,13,15-16,25,29,31,33H,4-6,9-12,14,17-19H2,1H3. The third kappa shape index (κ3) is 5.15. The van der Waals surface area contributed by atoms with Gasteiger partial charge in [-0.15, -0.1) is 0 Å². The number of halogens is 1. The molecule has 6 heterocycles. The molecule has 0 aromatic carbocycles. The summed E-state index contributed by atoms with van der Waals surface area (Å²) in [6, 6.07) is 2.30. The highest BCUT2D eigenvalue weighted by molar-refractivity contribution is 6.00. The van der Waals surface area contributed by atoms with Crippen molar-refractivity contribution in [1.82, 2.24) is 50.7 Å². The first-order chi connectivity index (χ1) is 19.5. The van der Waals surface area contributed by atoms with Crippen molar-refractivity contribution < 1.29 is 9.18 Å². The van der Waals surface area contributed by atoms with E-state index in [0.29, 0.717) is 32.5 Å². The Kier molecular flexibility index (Phi) is 7.18. The zero-order valence-corrected chi connectivity index (χ0v) is 22.6. The number of hydrazine groups is 2. The molecule has 0 spiro atoms. The molecule has 0 radical (unpaired) electrons. The molecule has 13 nitrogen and oxygen atoms in total. The summed E-state index contributed by atoms with van der Waals surface area (Å²) in [6.45, 7) is 4.97. The number of aryl methyl sites for hydroxylation is 1. The number of nitrogens with zero attached hydrogens (tertiary/aromatic N) is 9. The SMILES string of the molecule is CN1CCN(C(=O)CN2C=C(NC3N=C4C(N5CC(CC#N)(n6cc(CCF)cn6)C5)=CC=CN4N3)CN2)CC1. The Morgan fingerprint density at radius 1 is 1.30 bits per heavy atom. The number of hydrogen-bond donors (Lipinski definition) is 3. The Balaban J connectivity index is 1.07. The molecule has 1 aromatic heterocycles. The Morgan fingerprint density at radius 2 is 2.12 bits per heavy atom. The van der Waals surface area contributed by atoms with Crippen molar-refractivity contribution in [3.05, 3.63) is 53.9 Å². The van der Waals surface area contributed by atoms with Gasteiger partial charge in [-0.2, -0.15) is 15.8 Å². The first-order valence-electron chi connectivity index (χ1n) is 13.6. The van der Waals surface area contributed by atoms with E-state index in [1.54, 1.807) is 6.20 Å². The fourth-order valence-electron chi connectivity index (χ4n) is 5.63. The maximum absolute atomic E-state index is 12.8. The van der Waals surface area contributed by atoms with Crippen LogP contribution in [0.5, 0.6) is 0 Å². The van der Waals surface area contributed by atoms with Crippen molar-refractivity contribution in [3.63, 3.8) is 0 Å². The molecule has 3 N–H and O–H groups in total. The second kappa shape index (κ2) is 10.9. The largest absolute Gasteiger partial charge is 0.363 e. The number of likely N-dealkylation sites (tertiary alicyclic amines) is 1. The summed E-state index contributed by atoms with van der Waals surface area (Å²) in [5.41, 5.74) is 8.88. The third-order valence-electron chi connectivity index (χ3n) is 7.95. The zero-order chi connectivity index (χ0) is 27.7. The lowest BCUT2D eigenvalue weighted by molar-refractivity contribution is -0.133. The molecular weight excluding hydrogens is 515 g/mol. The molecule has 0 saturated carbocycles. The minimum Gasteiger partial charge on any atom is -0.363 e. The summed E-state index contributed by atoms with van der Waals surface area (Å²) in [5.74, 6) is 0.906. The number of likely N-dealkylation sites (N-methyl/N-ethyl adjacent to an activating group) is 1. The highest BCUT2D eigenvalue weighted by atomic mass is 19.1. The van der Waals surface area contributed by atoms with Crippen LogP contribution in [-0.2, 0) is 16.8 Å². The van der Waals surface area contributed by atoms with Crippen LogP contribution in [0.15, 0.2) is 53.3 Å². The van der Waals surface area contributed by atoms with Crippen LogP contribution in [0, 0.1) is 11.3 Å². The normalized spacial score (nSPS) is 23.8. The maximum atomic E-state index is 12.8. The molecule has 5 aliphatic heterocycles. The topological polar surface area (TPSA) is 123 Å². The summed E-state index contributed by atoms with van der Waals surface area (Å²) < 4.78 is 14.6. The molecule has 40 heavy (non-hydrogen) atoms. The van der Waals surface area contributed by atoms with Gasteiger partial charge in [-0.25, -0.2) is 10.4 Å². The molecule has 2 saturated heterocycles. The Labute approximate surface area is 232 Å². The van der Waals surface area contributed by atoms with Crippen molar-refractivity contribution in [3.8, 4) is 6.07 Å². The minimum absolute atomic E-state index is 0.116. The molecule has 1 amide bonds. The van der Waals surface area contributed by atoms with Crippen LogP contribution in [0.2, 0.25) is 0 Å². The van der Waals surface area contributed by atoms with Crippen LogP contribution in [0.1, 0.15) is 12.0 Å². The van der Waals surface area contributed by atoms with E-state index in [2.05, 4.69) is 44.2 Å². The second-order valence-corrected chi connectivity index (χ2v) is 10.8. The first kappa shape index (κ1) is 26.3. The minimum atomic E-state index is -0.453. The number of amidine groups is 1. The number of allylic oxidation sites excluding steroid dienone is 2. The molecule has 5 aliphatic rings. The summed E-state index contributed by atoms with van der Waals surface area (Å²) in [5, 5.41) is 21.1. The van der Waals surface area contributed by atoms with Gasteiger partial charge in [0.15, 0.2) is 12.1 Å². The predicted octanol–water partition coefficient (Wildman–Crippen LogP) is -0.742. The van der Waals surface area contributed by atoms with Crippen LogP contribution in [-0.4, -0.2) is 119 Å². The molecule has 14 heteroatoms. The van der Waals surface area contributed by atoms with Crippen LogP contribution in [0.4, 0.5) is 4.39 Å². The van der Waals surface area contributed by atoms with Crippen molar-refractivity contribution in [2.24, 2.45) is 4.99 Å². The van der Waals surface area contributed by atoms with Gasteiger partial charge in [0, 0.05) is 70.0 Å². The van der Waals surface area contributed by atoms with Gasteiger partial charge in [0.25, 0.3) is 0 Å². The van der Waals surface area contributed by atoms with Crippen molar-refractivity contribution >= 4 is 11.7 Å². The van der Waals surface area contributed by atoms with Gasteiger partial charge in [0.1, 0.15) is 12.1 Å². The number of nitrogens with one attached hydrogen (secondary N) is 3.